The fourth-order valence-electron chi connectivity index (χ4n) is 4.39. The molecule has 2 N–H and O–H groups in total. The van der Waals surface area contributed by atoms with Crippen LogP contribution < -0.4 is 5.32 Å². The molecule has 1 fully saturated rings. The first kappa shape index (κ1) is 24.9. The van der Waals surface area contributed by atoms with Crippen LogP contribution in [0.1, 0.15) is 29.6 Å². The fourth-order valence-corrected chi connectivity index (χ4v) is 5.13. The average molecular weight is 509 g/mol. The quantitative estimate of drug-likeness (QED) is 0.578. The number of aliphatic imine (C=N–C) groups is 1. The van der Waals surface area contributed by atoms with Crippen molar-refractivity contribution in [2.24, 2.45) is 4.99 Å². The number of esters is 1. The second-order valence-electron chi connectivity index (χ2n) is 8.62. The molecule has 3 heterocycles. The van der Waals surface area contributed by atoms with Gasteiger partial charge in [0.25, 0.3) is 5.92 Å². The topological polar surface area (TPSA) is 104 Å². The van der Waals surface area contributed by atoms with Gasteiger partial charge in [-0.25, -0.2) is 27.9 Å². The highest BCUT2D eigenvalue weighted by atomic mass is 32.1. The van der Waals surface area contributed by atoms with Crippen LogP contribution in [0, 0.1) is 12.7 Å². The number of carbonyl (C=O) groups excluding carboxylic acids is 1. The van der Waals surface area contributed by atoms with E-state index in [2.05, 4.69) is 10.3 Å². The summed E-state index contributed by atoms with van der Waals surface area (Å²) in [6.45, 7) is 2.32. The molecule has 35 heavy (non-hydrogen) atoms. The largest absolute Gasteiger partial charge is 0.480 e. The van der Waals surface area contributed by atoms with E-state index in [1.807, 2.05) is 0 Å². The summed E-state index contributed by atoms with van der Waals surface area (Å²) in [6.07, 6.45) is -0.842. The number of methoxy groups -OCH3 is 1. The van der Waals surface area contributed by atoms with E-state index in [9.17, 15) is 27.9 Å². The summed E-state index contributed by atoms with van der Waals surface area (Å²) >= 11 is 1.29. The first-order chi connectivity index (χ1) is 16.4. The maximum Gasteiger partial charge on any atom is 0.338 e. The molecule has 186 valence electrons. The summed E-state index contributed by atoms with van der Waals surface area (Å²) in [5.41, 5.74) is -0.0662. The Morgan fingerprint density at radius 3 is 2.57 bits per heavy atom. The molecule has 0 bridgehead atoms. The third-order valence-electron chi connectivity index (χ3n) is 6.02. The van der Waals surface area contributed by atoms with E-state index in [-0.39, 0.29) is 23.7 Å². The van der Waals surface area contributed by atoms with Crippen LogP contribution in [0.3, 0.4) is 0 Å². The number of aliphatic carboxylic acids is 1. The summed E-state index contributed by atoms with van der Waals surface area (Å²) in [7, 11) is 1.17. The Balaban J connectivity index is 1.87. The summed E-state index contributed by atoms with van der Waals surface area (Å²) in [4.78, 5) is 35.0. The van der Waals surface area contributed by atoms with Gasteiger partial charge in [-0.05, 0) is 31.5 Å². The third-order valence-corrected chi connectivity index (χ3v) is 6.99. The van der Waals surface area contributed by atoms with Gasteiger partial charge < -0.3 is 15.2 Å². The lowest BCUT2D eigenvalue weighted by molar-refractivity contribution is -0.142. The Morgan fingerprint density at radius 1 is 1.31 bits per heavy atom. The van der Waals surface area contributed by atoms with Gasteiger partial charge in [-0.15, -0.1) is 11.3 Å². The highest BCUT2D eigenvalue weighted by Crippen LogP contribution is 2.40. The zero-order valence-electron chi connectivity index (χ0n) is 19.1. The number of likely N-dealkylation sites (tertiary alicyclic amines) is 1. The number of carbonyl (C=O) groups is 2. The van der Waals surface area contributed by atoms with E-state index in [4.69, 9.17) is 9.73 Å². The molecular formula is C23H23F3N4O4S. The monoisotopic (exact) mass is 508 g/mol. The number of aryl methyl sites for hydroxylation is 1. The van der Waals surface area contributed by atoms with Crippen molar-refractivity contribution in [1.29, 1.82) is 0 Å². The number of amidine groups is 1. The molecule has 2 aromatic rings. The van der Waals surface area contributed by atoms with Crippen molar-refractivity contribution < 1.29 is 32.6 Å². The molecule has 8 nitrogen and oxygen atoms in total. The Bertz CT molecular complexity index is 1230. The normalized spacial score (nSPS) is 24.2. The van der Waals surface area contributed by atoms with Gasteiger partial charge >= 0.3 is 11.9 Å². The number of alkyl halides is 2. The zero-order chi connectivity index (χ0) is 25.5. The predicted octanol–water partition coefficient (Wildman–Crippen LogP) is 3.08. The maximum atomic E-state index is 14.2. The van der Waals surface area contributed by atoms with Crippen LogP contribution >= 0.6 is 11.3 Å². The molecule has 4 rings (SSSR count). The number of halogens is 3. The number of nitrogens with one attached hydrogen (secondary N) is 1. The molecule has 2 atom stereocenters. The van der Waals surface area contributed by atoms with Crippen LogP contribution in [0.25, 0.3) is 0 Å². The van der Waals surface area contributed by atoms with E-state index in [1.165, 1.54) is 42.7 Å². The number of carboxylic acid groups (broad SMARTS) is 1. The zero-order valence-corrected chi connectivity index (χ0v) is 20.0. The van der Waals surface area contributed by atoms with Crippen molar-refractivity contribution in [2.45, 2.75) is 37.8 Å². The van der Waals surface area contributed by atoms with Gasteiger partial charge in [0, 0.05) is 29.7 Å². The Labute approximate surface area is 203 Å². The molecule has 12 heteroatoms. The molecule has 0 spiro atoms. The van der Waals surface area contributed by atoms with E-state index >= 15 is 0 Å². The maximum absolute atomic E-state index is 14.2. The minimum absolute atomic E-state index is 0.00277. The van der Waals surface area contributed by atoms with Crippen molar-refractivity contribution in [3.05, 3.63) is 63.0 Å². The summed E-state index contributed by atoms with van der Waals surface area (Å²) in [6, 6.07) is 3.95. The van der Waals surface area contributed by atoms with E-state index in [1.54, 1.807) is 19.2 Å². The Morgan fingerprint density at radius 2 is 2.00 bits per heavy atom. The molecule has 0 unspecified atom stereocenters. The van der Waals surface area contributed by atoms with Crippen LogP contribution in [-0.4, -0.2) is 64.9 Å². The summed E-state index contributed by atoms with van der Waals surface area (Å²) < 4.78 is 47.1. The number of thiazole rings is 1. The molecule has 0 saturated carbocycles. The molecule has 2 aliphatic heterocycles. The number of rotatable bonds is 6. The number of benzene rings is 1. The molecule has 0 radical (unpaired) electrons. The van der Waals surface area contributed by atoms with Gasteiger partial charge in [-0.1, -0.05) is 12.1 Å². The van der Waals surface area contributed by atoms with Crippen LogP contribution in [0.2, 0.25) is 0 Å². The van der Waals surface area contributed by atoms with Gasteiger partial charge in [-0.3, -0.25) is 9.69 Å². The first-order valence-corrected chi connectivity index (χ1v) is 11.5. The van der Waals surface area contributed by atoms with Crippen molar-refractivity contribution in [2.75, 3.05) is 20.2 Å². The molecule has 2 aliphatic rings. The van der Waals surface area contributed by atoms with Crippen molar-refractivity contribution in [1.82, 2.24) is 15.2 Å². The van der Waals surface area contributed by atoms with Gasteiger partial charge in [-0.2, -0.15) is 0 Å². The van der Waals surface area contributed by atoms with Gasteiger partial charge in [0.05, 0.1) is 19.2 Å². The SMILES string of the molecule is COC(=O)C1=C(CN2CC(F)(F)C[C@H]2C(=O)O)NC(c2nc(C)cs2)=N[C@@]1(C)c1ccc(F)cc1. The van der Waals surface area contributed by atoms with Crippen molar-refractivity contribution in [3.63, 3.8) is 0 Å². The lowest BCUT2D eigenvalue weighted by atomic mass is 9.82. The molecule has 0 amide bonds. The molecular weight excluding hydrogens is 485 g/mol. The van der Waals surface area contributed by atoms with Gasteiger partial charge in [0.15, 0.2) is 10.8 Å². The number of carboxylic acids is 1. The van der Waals surface area contributed by atoms with Gasteiger partial charge in [0.2, 0.25) is 0 Å². The van der Waals surface area contributed by atoms with Crippen LogP contribution in [0.4, 0.5) is 13.2 Å². The fraction of sp³-hybridized carbons (Fsp3) is 0.391. The minimum atomic E-state index is -3.20. The van der Waals surface area contributed by atoms with Crippen LogP contribution in [0.15, 0.2) is 45.9 Å². The van der Waals surface area contributed by atoms with Crippen molar-refractivity contribution in [3.8, 4) is 0 Å². The molecule has 1 aromatic heterocycles. The summed E-state index contributed by atoms with van der Waals surface area (Å²) in [5.74, 6) is -5.58. The van der Waals surface area contributed by atoms with E-state index < -0.39 is 48.2 Å². The third kappa shape index (κ3) is 4.80. The van der Waals surface area contributed by atoms with Gasteiger partial charge in [0.1, 0.15) is 17.4 Å². The standard InChI is InChI=1S/C23H23F3N4O4S/c1-12-10-35-19(27-12)18-28-15(9-30-11-23(25,26)8-16(30)20(31)32)17(21(33)34-3)22(2,29-18)13-4-6-14(24)7-5-13/h4-7,10,16H,8-9,11H2,1-3H3,(H,28,29)(H,31,32)/t16-,22-/m0/s1. The van der Waals surface area contributed by atoms with E-state index in [0.717, 1.165) is 10.6 Å². The molecule has 1 aromatic carbocycles. The lowest BCUT2D eigenvalue weighted by Gasteiger charge is -2.36. The minimum Gasteiger partial charge on any atom is -0.480 e. The Hall–Kier alpha value is -3.25. The lowest BCUT2D eigenvalue weighted by Crippen LogP contribution is -2.46. The second kappa shape index (κ2) is 9.08. The molecule has 0 aliphatic carbocycles. The number of ether oxygens (including phenoxy) is 1. The van der Waals surface area contributed by atoms with Crippen molar-refractivity contribution >= 4 is 29.1 Å². The smallest absolute Gasteiger partial charge is 0.338 e. The summed E-state index contributed by atoms with van der Waals surface area (Å²) in [5, 5.41) is 14.8. The number of hydrogen-bond acceptors (Lipinski definition) is 8. The van der Waals surface area contributed by atoms with Crippen LogP contribution in [-0.2, 0) is 19.9 Å². The Kier molecular flexibility index (Phi) is 6.45. The number of aromatic nitrogens is 1. The predicted molar refractivity (Wildman–Crippen MR) is 122 cm³/mol. The first-order valence-electron chi connectivity index (χ1n) is 10.7. The average Bonchev–Trinajstić information content (AvgIpc) is 3.35. The second-order valence-corrected chi connectivity index (χ2v) is 9.48. The number of nitrogens with zero attached hydrogens (tertiary/aromatic N) is 3. The van der Waals surface area contributed by atoms with E-state index in [0.29, 0.717) is 10.6 Å². The molecule has 1 saturated heterocycles. The highest BCUT2D eigenvalue weighted by molar-refractivity contribution is 7.11. The highest BCUT2D eigenvalue weighted by Gasteiger charge is 2.50. The number of hydrogen-bond donors (Lipinski definition) is 2. The van der Waals surface area contributed by atoms with Crippen LogP contribution in [0.5, 0.6) is 0 Å².